The number of fused-ring (bicyclic) bond motifs is 1. The molecule has 3 heterocycles. The van der Waals surface area contributed by atoms with E-state index in [0.717, 1.165) is 36.1 Å². The highest BCUT2D eigenvalue weighted by atomic mass is 16.2. The zero-order valence-corrected chi connectivity index (χ0v) is 20.1. The van der Waals surface area contributed by atoms with E-state index in [1.807, 2.05) is 41.3 Å². The molecule has 2 aromatic heterocycles. The molecule has 2 amide bonds. The predicted molar refractivity (Wildman–Crippen MR) is 135 cm³/mol. The van der Waals surface area contributed by atoms with Crippen molar-refractivity contribution >= 4 is 28.4 Å². The van der Waals surface area contributed by atoms with Crippen LogP contribution in [0.25, 0.3) is 16.6 Å². The maximum absolute atomic E-state index is 13.3. The van der Waals surface area contributed by atoms with Crippen LogP contribution < -0.4 is 5.32 Å². The average molecular weight is 469 g/mol. The van der Waals surface area contributed by atoms with Gasteiger partial charge in [0.15, 0.2) is 5.69 Å². The molecule has 2 atom stereocenters. The van der Waals surface area contributed by atoms with Crippen molar-refractivity contribution in [2.75, 3.05) is 18.4 Å². The van der Waals surface area contributed by atoms with Crippen LogP contribution in [0, 0.1) is 18.8 Å². The van der Waals surface area contributed by atoms with Crippen LogP contribution in [0.3, 0.4) is 0 Å². The van der Waals surface area contributed by atoms with Crippen LogP contribution in [0.2, 0.25) is 0 Å². The molecule has 0 radical (unpaired) electrons. The molecule has 0 aliphatic carbocycles. The summed E-state index contributed by atoms with van der Waals surface area (Å²) in [6.45, 7) is 7.58. The van der Waals surface area contributed by atoms with Gasteiger partial charge in [-0.3, -0.25) is 14.6 Å². The lowest BCUT2D eigenvalue weighted by molar-refractivity contribution is 0.0624. The normalized spacial score (nSPS) is 18.0. The van der Waals surface area contributed by atoms with Crippen LogP contribution in [0.5, 0.6) is 0 Å². The first kappa shape index (κ1) is 22.7. The highest BCUT2D eigenvalue weighted by Gasteiger charge is 2.28. The number of pyridine rings is 1. The number of anilines is 1. The maximum Gasteiger partial charge on any atom is 0.278 e. The molecule has 1 saturated heterocycles. The van der Waals surface area contributed by atoms with E-state index >= 15 is 0 Å². The summed E-state index contributed by atoms with van der Waals surface area (Å²) in [5, 5.41) is 12.2. The number of likely N-dealkylation sites (tertiary alicyclic amines) is 1. The van der Waals surface area contributed by atoms with E-state index < -0.39 is 5.91 Å². The SMILES string of the molecule is Cc1c(C(=O)Nc2ccccc2C(=O)N2CC(C)CC(C)C2)nnn1-c1ccc2ncccc2c1. The second kappa shape index (κ2) is 9.29. The Bertz CT molecular complexity index is 1400. The van der Waals surface area contributed by atoms with Gasteiger partial charge in [-0.25, -0.2) is 4.68 Å². The fourth-order valence-corrected chi connectivity index (χ4v) is 4.94. The number of para-hydroxylation sites is 1. The first-order valence-corrected chi connectivity index (χ1v) is 11.9. The number of hydrogen-bond acceptors (Lipinski definition) is 5. The first-order chi connectivity index (χ1) is 16.9. The third-order valence-corrected chi connectivity index (χ3v) is 6.50. The van der Waals surface area contributed by atoms with Crippen LogP contribution in [-0.2, 0) is 0 Å². The number of hydrogen-bond donors (Lipinski definition) is 1. The van der Waals surface area contributed by atoms with E-state index in [-0.39, 0.29) is 11.6 Å². The van der Waals surface area contributed by atoms with Gasteiger partial charge in [-0.2, -0.15) is 0 Å². The van der Waals surface area contributed by atoms with Crippen molar-refractivity contribution in [3.8, 4) is 5.69 Å². The summed E-state index contributed by atoms with van der Waals surface area (Å²) >= 11 is 0. The van der Waals surface area contributed by atoms with Crippen molar-refractivity contribution in [2.45, 2.75) is 27.2 Å². The Hall–Kier alpha value is -4.07. The summed E-state index contributed by atoms with van der Waals surface area (Å²) in [6.07, 6.45) is 2.87. The molecule has 8 nitrogen and oxygen atoms in total. The van der Waals surface area contributed by atoms with Gasteiger partial charge in [0.25, 0.3) is 11.8 Å². The monoisotopic (exact) mass is 468 g/mol. The molecular weight excluding hydrogens is 440 g/mol. The number of amides is 2. The van der Waals surface area contributed by atoms with Gasteiger partial charge in [-0.1, -0.05) is 37.3 Å². The Morgan fingerprint density at radius 3 is 2.57 bits per heavy atom. The van der Waals surface area contributed by atoms with Crippen LogP contribution in [0.4, 0.5) is 5.69 Å². The number of aromatic nitrogens is 4. The zero-order valence-electron chi connectivity index (χ0n) is 20.1. The smallest absolute Gasteiger partial charge is 0.278 e. The lowest BCUT2D eigenvalue weighted by Gasteiger charge is -2.35. The molecule has 178 valence electrons. The Kier molecular flexibility index (Phi) is 6.03. The molecule has 35 heavy (non-hydrogen) atoms. The van der Waals surface area contributed by atoms with Crippen molar-refractivity contribution in [3.05, 3.63) is 77.7 Å². The van der Waals surface area contributed by atoms with Crippen molar-refractivity contribution in [1.82, 2.24) is 24.9 Å². The quantitative estimate of drug-likeness (QED) is 0.476. The summed E-state index contributed by atoms with van der Waals surface area (Å²) in [5.74, 6) is 0.433. The molecule has 0 bridgehead atoms. The standard InChI is InChI=1S/C27H28N6O2/c1-17-13-18(2)16-32(15-17)27(35)22-8-4-5-9-24(22)29-26(34)25-19(3)33(31-30-25)21-10-11-23-20(14-21)7-6-12-28-23/h4-12,14,17-18H,13,15-16H2,1-3H3,(H,29,34). The van der Waals surface area contributed by atoms with Crippen molar-refractivity contribution in [1.29, 1.82) is 0 Å². The highest BCUT2D eigenvalue weighted by molar-refractivity contribution is 6.08. The summed E-state index contributed by atoms with van der Waals surface area (Å²) in [5.41, 5.74) is 3.43. The second-order valence-electron chi connectivity index (χ2n) is 9.47. The van der Waals surface area contributed by atoms with Crippen LogP contribution in [0.1, 0.15) is 46.8 Å². The van der Waals surface area contributed by atoms with Crippen molar-refractivity contribution < 1.29 is 9.59 Å². The molecule has 4 aromatic rings. The molecule has 1 N–H and O–H groups in total. The Labute approximate surface area is 204 Å². The van der Waals surface area contributed by atoms with E-state index in [9.17, 15) is 9.59 Å². The molecule has 0 saturated carbocycles. The summed E-state index contributed by atoms with van der Waals surface area (Å²) in [6, 6.07) is 16.7. The second-order valence-corrected chi connectivity index (χ2v) is 9.47. The van der Waals surface area contributed by atoms with E-state index in [4.69, 9.17) is 0 Å². The molecule has 0 spiro atoms. The predicted octanol–water partition coefficient (Wildman–Crippen LogP) is 4.49. The Balaban J connectivity index is 1.39. The molecule has 5 rings (SSSR count). The van der Waals surface area contributed by atoms with E-state index in [2.05, 4.69) is 34.5 Å². The fraction of sp³-hybridized carbons (Fsp3) is 0.296. The summed E-state index contributed by atoms with van der Waals surface area (Å²) in [4.78, 5) is 32.7. The van der Waals surface area contributed by atoms with Gasteiger partial charge >= 0.3 is 0 Å². The number of piperidine rings is 1. The van der Waals surface area contributed by atoms with Gasteiger partial charge in [0.05, 0.1) is 28.1 Å². The molecule has 1 fully saturated rings. The van der Waals surface area contributed by atoms with Crippen LogP contribution in [-0.4, -0.2) is 49.8 Å². The first-order valence-electron chi connectivity index (χ1n) is 11.9. The number of nitrogens with zero attached hydrogens (tertiary/aromatic N) is 5. The Morgan fingerprint density at radius 1 is 1.00 bits per heavy atom. The molecular formula is C27H28N6O2. The lowest BCUT2D eigenvalue weighted by Crippen LogP contribution is -2.42. The van der Waals surface area contributed by atoms with Gasteiger partial charge in [-0.05, 0) is 61.6 Å². The van der Waals surface area contributed by atoms with Crippen LogP contribution in [0.15, 0.2) is 60.8 Å². The summed E-state index contributed by atoms with van der Waals surface area (Å²) in [7, 11) is 0. The third-order valence-electron chi connectivity index (χ3n) is 6.50. The number of nitrogens with one attached hydrogen (secondary N) is 1. The maximum atomic E-state index is 13.3. The van der Waals surface area contributed by atoms with E-state index in [1.165, 1.54) is 0 Å². The van der Waals surface area contributed by atoms with Gasteiger partial charge in [0.1, 0.15) is 0 Å². The largest absolute Gasteiger partial charge is 0.338 e. The Morgan fingerprint density at radius 2 is 1.77 bits per heavy atom. The molecule has 1 aliphatic heterocycles. The zero-order chi connectivity index (χ0) is 24.5. The summed E-state index contributed by atoms with van der Waals surface area (Å²) < 4.78 is 1.63. The topological polar surface area (TPSA) is 93.0 Å². The van der Waals surface area contributed by atoms with Crippen LogP contribution >= 0.6 is 0 Å². The minimum atomic E-state index is -0.406. The molecule has 2 aromatic carbocycles. The number of carbonyl (C=O) groups excluding carboxylic acids is 2. The lowest BCUT2D eigenvalue weighted by atomic mass is 9.91. The number of benzene rings is 2. The van der Waals surface area contributed by atoms with Crippen molar-refractivity contribution in [3.63, 3.8) is 0 Å². The average Bonchev–Trinajstić information content (AvgIpc) is 3.24. The van der Waals surface area contributed by atoms with E-state index in [1.54, 1.807) is 36.0 Å². The van der Waals surface area contributed by atoms with Gasteiger partial charge in [0.2, 0.25) is 0 Å². The fourth-order valence-electron chi connectivity index (χ4n) is 4.94. The molecule has 8 heteroatoms. The molecule has 1 aliphatic rings. The number of rotatable bonds is 4. The number of carbonyl (C=O) groups is 2. The molecule has 2 unspecified atom stereocenters. The minimum Gasteiger partial charge on any atom is -0.338 e. The highest BCUT2D eigenvalue weighted by Crippen LogP contribution is 2.25. The van der Waals surface area contributed by atoms with Crippen molar-refractivity contribution in [2.24, 2.45) is 11.8 Å². The van der Waals surface area contributed by atoms with Gasteiger partial charge in [-0.15, -0.1) is 5.10 Å². The minimum absolute atomic E-state index is 0.0653. The van der Waals surface area contributed by atoms with Gasteiger partial charge < -0.3 is 10.2 Å². The van der Waals surface area contributed by atoms with E-state index in [0.29, 0.717) is 28.8 Å². The third kappa shape index (κ3) is 4.51. The van der Waals surface area contributed by atoms with Gasteiger partial charge in [0, 0.05) is 24.7 Å².